The van der Waals surface area contributed by atoms with Crippen LogP contribution in [0.1, 0.15) is 23.6 Å². The Morgan fingerprint density at radius 3 is 2.67 bits per heavy atom. The van der Waals surface area contributed by atoms with E-state index in [1.54, 1.807) is 0 Å². The molecule has 1 atom stereocenters. The Balaban J connectivity index is 1.73. The molecule has 1 N–H and O–H groups in total. The molecule has 0 aromatic heterocycles. The Morgan fingerprint density at radius 2 is 1.86 bits per heavy atom. The van der Waals surface area contributed by atoms with Crippen molar-refractivity contribution in [1.29, 1.82) is 0 Å². The van der Waals surface area contributed by atoms with Gasteiger partial charge in [0.05, 0.1) is 0 Å². The number of likely N-dealkylation sites (N-methyl/N-ethyl adjacent to an activating group) is 1. The Kier molecular flexibility index (Phi) is 4.02. The highest BCUT2D eigenvalue weighted by molar-refractivity contribution is 5.91. The van der Waals surface area contributed by atoms with Gasteiger partial charge in [0.1, 0.15) is 0 Å². The molecule has 1 aliphatic rings. The lowest BCUT2D eigenvalue weighted by atomic mass is 9.91. The van der Waals surface area contributed by atoms with Crippen LogP contribution in [0.3, 0.4) is 0 Å². The molecule has 108 valence electrons. The van der Waals surface area contributed by atoms with Gasteiger partial charge in [-0.2, -0.15) is 0 Å². The highest BCUT2D eigenvalue weighted by Gasteiger charge is 2.26. The van der Waals surface area contributed by atoms with Crippen molar-refractivity contribution < 1.29 is 4.79 Å². The highest BCUT2D eigenvalue weighted by atomic mass is 16.1. The summed E-state index contributed by atoms with van der Waals surface area (Å²) in [5.74, 6) is 0.0646. The first-order chi connectivity index (χ1) is 10.2. The first-order valence-corrected chi connectivity index (χ1v) is 7.37. The number of para-hydroxylation sites is 1. The van der Waals surface area contributed by atoms with E-state index in [4.69, 9.17) is 0 Å². The van der Waals surface area contributed by atoms with Gasteiger partial charge in [-0.3, -0.25) is 9.69 Å². The second-order valence-electron chi connectivity index (χ2n) is 5.56. The summed E-state index contributed by atoms with van der Waals surface area (Å²) in [5, 5.41) is 2.97. The number of nitrogens with one attached hydrogen (secondary N) is 1. The van der Waals surface area contributed by atoms with Gasteiger partial charge in [-0.05, 0) is 36.7 Å². The van der Waals surface area contributed by atoms with Crippen molar-refractivity contribution in [3.63, 3.8) is 0 Å². The van der Waals surface area contributed by atoms with Crippen LogP contribution >= 0.6 is 0 Å². The molecule has 0 spiro atoms. The van der Waals surface area contributed by atoms with Crippen LogP contribution in [0.5, 0.6) is 0 Å². The van der Waals surface area contributed by atoms with Crippen molar-refractivity contribution in [2.45, 2.75) is 18.9 Å². The lowest BCUT2D eigenvalue weighted by Gasteiger charge is -2.34. The van der Waals surface area contributed by atoms with Gasteiger partial charge in [0.2, 0.25) is 5.91 Å². The number of carbonyl (C=O) groups is 1. The number of nitrogens with zero attached hydrogens (tertiary/aromatic N) is 1. The quantitative estimate of drug-likeness (QED) is 0.936. The molecule has 1 amide bonds. The first kappa shape index (κ1) is 13.8. The summed E-state index contributed by atoms with van der Waals surface area (Å²) in [6.45, 7) is 1.00. The van der Waals surface area contributed by atoms with Gasteiger partial charge in [0.15, 0.2) is 0 Å². The minimum absolute atomic E-state index is 0.0646. The Labute approximate surface area is 125 Å². The fraction of sp³-hybridized carbons (Fsp3) is 0.278. The maximum absolute atomic E-state index is 12.3. The smallest absolute Gasteiger partial charge is 0.226 e. The molecule has 3 heteroatoms. The molecule has 0 aliphatic carbocycles. The van der Waals surface area contributed by atoms with Crippen molar-refractivity contribution in [3.05, 3.63) is 65.7 Å². The van der Waals surface area contributed by atoms with Gasteiger partial charge in [-0.15, -0.1) is 0 Å². The largest absolute Gasteiger partial charge is 0.326 e. The minimum Gasteiger partial charge on any atom is -0.326 e. The summed E-state index contributed by atoms with van der Waals surface area (Å²) in [6.07, 6.45) is 1.55. The molecular weight excluding hydrogens is 260 g/mol. The molecule has 0 saturated carbocycles. The second-order valence-corrected chi connectivity index (χ2v) is 5.56. The lowest BCUT2D eigenvalue weighted by molar-refractivity contribution is -0.117. The zero-order chi connectivity index (χ0) is 14.7. The Bertz CT molecular complexity index is 624. The summed E-state index contributed by atoms with van der Waals surface area (Å²) < 4.78 is 0. The van der Waals surface area contributed by atoms with Crippen LogP contribution in [-0.4, -0.2) is 24.4 Å². The monoisotopic (exact) mass is 280 g/mol. The number of rotatable bonds is 3. The van der Waals surface area contributed by atoms with Gasteiger partial charge in [0.25, 0.3) is 0 Å². The molecule has 0 bridgehead atoms. The molecule has 0 radical (unpaired) electrons. The average Bonchev–Trinajstić information content (AvgIpc) is 2.51. The van der Waals surface area contributed by atoms with Crippen LogP contribution in [0.4, 0.5) is 5.69 Å². The molecule has 21 heavy (non-hydrogen) atoms. The van der Waals surface area contributed by atoms with Gasteiger partial charge in [0, 0.05) is 24.7 Å². The Hall–Kier alpha value is -2.13. The predicted molar refractivity (Wildman–Crippen MR) is 85.2 cm³/mol. The fourth-order valence-electron chi connectivity index (χ4n) is 2.95. The molecule has 1 heterocycles. The van der Waals surface area contributed by atoms with Crippen LogP contribution in [0.25, 0.3) is 0 Å². The van der Waals surface area contributed by atoms with Crippen LogP contribution in [0, 0.1) is 0 Å². The van der Waals surface area contributed by atoms with Crippen LogP contribution in [0.15, 0.2) is 54.6 Å². The van der Waals surface area contributed by atoms with E-state index in [0.717, 1.165) is 18.7 Å². The highest BCUT2D eigenvalue weighted by Crippen LogP contribution is 2.31. The van der Waals surface area contributed by atoms with E-state index in [1.165, 1.54) is 11.1 Å². The number of anilines is 1. The number of hydrogen-bond acceptors (Lipinski definition) is 2. The van der Waals surface area contributed by atoms with Gasteiger partial charge < -0.3 is 5.32 Å². The summed E-state index contributed by atoms with van der Waals surface area (Å²) in [7, 11) is 2.09. The first-order valence-electron chi connectivity index (χ1n) is 7.37. The predicted octanol–water partition coefficient (Wildman–Crippen LogP) is 3.24. The van der Waals surface area contributed by atoms with Crippen molar-refractivity contribution in [2.75, 3.05) is 18.9 Å². The molecule has 3 rings (SSSR count). The zero-order valence-electron chi connectivity index (χ0n) is 12.3. The standard InChI is InChI=1S/C18H20N2O/c1-20-12-11-14-7-5-6-10-16(14)17(20)13-18(21)19-15-8-3-2-4-9-15/h2-10,17H,11-13H2,1H3,(H,19,21). The summed E-state index contributed by atoms with van der Waals surface area (Å²) in [4.78, 5) is 14.6. The second kappa shape index (κ2) is 6.10. The fourth-order valence-corrected chi connectivity index (χ4v) is 2.95. The summed E-state index contributed by atoms with van der Waals surface area (Å²) in [6, 6.07) is 18.2. The SMILES string of the molecule is CN1CCc2ccccc2C1CC(=O)Nc1ccccc1. The molecule has 2 aromatic rings. The van der Waals surface area contributed by atoms with Gasteiger partial charge >= 0.3 is 0 Å². The number of benzene rings is 2. The van der Waals surface area contributed by atoms with Crippen molar-refractivity contribution in [3.8, 4) is 0 Å². The van der Waals surface area contributed by atoms with Crippen molar-refractivity contribution >= 4 is 11.6 Å². The zero-order valence-corrected chi connectivity index (χ0v) is 12.3. The maximum atomic E-state index is 12.3. The summed E-state index contributed by atoms with van der Waals surface area (Å²) >= 11 is 0. The molecule has 2 aromatic carbocycles. The molecule has 0 saturated heterocycles. The third-order valence-corrected chi connectivity index (χ3v) is 4.12. The third-order valence-electron chi connectivity index (χ3n) is 4.12. The van der Waals surface area contributed by atoms with E-state index in [2.05, 4.69) is 41.5 Å². The molecule has 1 aliphatic heterocycles. The average molecular weight is 280 g/mol. The van der Waals surface area contributed by atoms with E-state index >= 15 is 0 Å². The molecular formula is C18H20N2O. The van der Waals surface area contributed by atoms with Crippen molar-refractivity contribution in [2.24, 2.45) is 0 Å². The van der Waals surface area contributed by atoms with Crippen LogP contribution in [-0.2, 0) is 11.2 Å². The lowest BCUT2D eigenvalue weighted by Crippen LogP contribution is -2.34. The number of carbonyl (C=O) groups excluding carboxylic acids is 1. The van der Waals surface area contributed by atoms with E-state index in [9.17, 15) is 4.79 Å². The van der Waals surface area contributed by atoms with E-state index in [1.807, 2.05) is 30.3 Å². The number of fused-ring (bicyclic) bond motifs is 1. The van der Waals surface area contributed by atoms with E-state index in [-0.39, 0.29) is 11.9 Å². The molecule has 1 unspecified atom stereocenters. The molecule has 0 fully saturated rings. The van der Waals surface area contributed by atoms with E-state index in [0.29, 0.717) is 6.42 Å². The topological polar surface area (TPSA) is 32.3 Å². The number of amides is 1. The maximum Gasteiger partial charge on any atom is 0.226 e. The Morgan fingerprint density at radius 1 is 1.14 bits per heavy atom. The minimum atomic E-state index is 0.0646. The molecule has 3 nitrogen and oxygen atoms in total. The number of hydrogen-bond donors (Lipinski definition) is 1. The normalized spacial score (nSPS) is 18.0. The van der Waals surface area contributed by atoms with Gasteiger partial charge in [-0.25, -0.2) is 0 Å². The van der Waals surface area contributed by atoms with Crippen molar-refractivity contribution in [1.82, 2.24) is 4.90 Å². The van der Waals surface area contributed by atoms with E-state index < -0.39 is 0 Å². The van der Waals surface area contributed by atoms with Crippen LogP contribution in [0.2, 0.25) is 0 Å². The van der Waals surface area contributed by atoms with Crippen LogP contribution < -0.4 is 5.32 Å². The van der Waals surface area contributed by atoms with Gasteiger partial charge in [-0.1, -0.05) is 42.5 Å². The summed E-state index contributed by atoms with van der Waals surface area (Å²) in [5.41, 5.74) is 3.51. The third kappa shape index (κ3) is 3.14.